The number of rotatable bonds is 5. The van der Waals surface area contributed by atoms with Crippen LogP contribution in [0.3, 0.4) is 0 Å². The van der Waals surface area contributed by atoms with Crippen molar-refractivity contribution in [2.24, 2.45) is 0 Å². The Balaban J connectivity index is 2.61. The van der Waals surface area contributed by atoms with E-state index in [1.807, 2.05) is 13.0 Å². The maximum Gasteiger partial charge on any atom is 0.319 e. The summed E-state index contributed by atoms with van der Waals surface area (Å²) in [6.45, 7) is 1.82. The van der Waals surface area contributed by atoms with Crippen LogP contribution in [0.2, 0.25) is 0 Å². The lowest BCUT2D eigenvalue weighted by Gasteiger charge is -2.16. The van der Waals surface area contributed by atoms with Crippen LogP contribution in [0.4, 0.5) is 10.5 Å². The van der Waals surface area contributed by atoms with Gasteiger partial charge in [0.15, 0.2) is 0 Å². The lowest BCUT2D eigenvalue weighted by Crippen LogP contribution is -2.38. The van der Waals surface area contributed by atoms with Gasteiger partial charge in [0.25, 0.3) is 0 Å². The summed E-state index contributed by atoms with van der Waals surface area (Å²) in [5.74, 6) is -0.933. The molecule has 0 saturated carbocycles. The molecule has 0 spiro atoms. The second-order valence-electron chi connectivity index (χ2n) is 3.93. The monoisotopic (exact) mass is 392 g/mol. The van der Waals surface area contributed by atoms with E-state index >= 15 is 0 Å². The highest BCUT2D eigenvalue weighted by atomic mass is 79.9. The van der Waals surface area contributed by atoms with Crippen LogP contribution in [0, 0.1) is 0 Å². The Hall–Kier alpha value is -1.08. The van der Waals surface area contributed by atoms with Crippen molar-refractivity contribution in [1.29, 1.82) is 0 Å². The van der Waals surface area contributed by atoms with Gasteiger partial charge >= 0.3 is 12.0 Å². The Morgan fingerprint density at radius 3 is 2.58 bits per heavy atom. The molecule has 7 heteroatoms. The van der Waals surface area contributed by atoms with Gasteiger partial charge in [0.1, 0.15) is 0 Å². The summed E-state index contributed by atoms with van der Waals surface area (Å²) in [5, 5.41) is 14.0. The SMILES string of the molecule is CCC(CC(=O)O)NC(=O)Nc1ccc(Br)cc1Br. The largest absolute Gasteiger partial charge is 0.481 e. The second-order valence-corrected chi connectivity index (χ2v) is 5.70. The van der Waals surface area contributed by atoms with Gasteiger partial charge in [0, 0.05) is 15.0 Å². The molecule has 1 aromatic rings. The van der Waals surface area contributed by atoms with Gasteiger partial charge in [0.05, 0.1) is 12.1 Å². The Kier molecular flexibility index (Phi) is 6.30. The third-order valence-electron chi connectivity index (χ3n) is 2.43. The van der Waals surface area contributed by atoms with Gasteiger partial charge in [0.2, 0.25) is 0 Å². The number of amides is 2. The molecule has 104 valence electrons. The van der Waals surface area contributed by atoms with Gasteiger partial charge in [-0.3, -0.25) is 4.79 Å². The lowest BCUT2D eigenvalue weighted by atomic mass is 10.1. The predicted molar refractivity (Wildman–Crippen MR) is 80.3 cm³/mol. The Morgan fingerprint density at radius 2 is 2.05 bits per heavy atom. The van der Waals surface area contributed by atoms with Crippen molar-refractivity contribution in [3.63, 3.8) is 0 Å². The van der Waals surface area contributed by atoms with Crippen molar-refractivity contribution in [2.45, 2.75) is 25.8 Å². The average Bonchev–Trinajstić information content (AvgIpc) is 2.31. The summed E-state index contributed by atoms with van der Waals surface area (Å²) >= 11 is 6.65. The third-order valence-corrected chi connectivity index (χ3v) is 3.58. The summed E-state index contributed by atoms with van der Waals surface area (Å²) in [7, 11) is 0. The first-order chi connectivity index (χ1) is 8.92. The average molecular weight is 394 g/mol. The zero-order chi connectivity index (χ0) is 14.4. The fraction of sp³-hybridized carbons (Fsp3) is 0.333. The number of aliphatic carboxylic acids is 1. The minimum atomic E-state index is -0.933. The molecule has 0 aliphatic heterocycles. The maximum atomic E-state index is 11.8. The fourth-order valence-corrected chi connectivity index (χ4v) is 2.59. The topological polar surface area (TPSA) is 78.4 Å². The molecule has 0 fully saturated rings. The number of carbonyl (C=O) groups is 2. The van der Waals surface area contributed by atoms with E-state index in [4.69, 9.17) is 5.11 Å². The molecule has 0 aliphatic carbocycles. The number of carboxylic acid groups (broad SMARTS) is 1. The van der Waals surface area contributed by atoms with Crippen molar-refractivity contribution < 1.29 is 14.7 Å². The fourth-order valence-electron chi connectivity index (χ4n) is 1.44. The highest BCUT2D eigenvalue weighted by molar-refractivity contribution is 9.11. The molecule has 5 nitrogen and oxygen atoms in total. The van der Waals surface area contributed by atoms with Crippen LogP contribution < -0.4 is 10.6 Å². The van der Waals surface area contributed by atoms with Crippen molar-refractivity contribution in [3.05, 3.63) is 27.1 Å². The number of nitrogens with one attached hydrogen (secondary N) is 2. The molecular weight excluding hydrogens is 380 g/mol. The van der Waals surface area contributed by atoms with Crippen molar-refractivity contribution in [3.8, 4) is 0 Å². The van der Waals surface area contributed by atoms with Gasteiger partial charge in [-0.15, -0.1) is 0 Å². The molecule has 0 aromatic heterocycles. The molecule has 0 saturated heterocycles. The summed E-state index contributed by atoms with van der Waals surface area (Å²) in [5.41, 5.74) is 0.617. The highest BCUT2D eigenvalue weighted by Gasteiger charge is 2.14. The smallest absolute Gasteiger partial charge is 0.319 e. The number of hydrogen-bond acceptors (Lipinski definition) is 2. The molecule has 1 aromatic carbocycles. The van der Waals surface area contributed by atoms with Crippen LogP contribution in [0.1, 0.15) is 19.8 Å². The van der Waals surface area contributed by atoms with Crippen molar-refractivity contribution in [2.75, 3.05) is 5.32 Å². The first-order valence-corrected chi connectivity index (χ1v) is 7.25. The van der Waals surface area contributed by atoms with Crippen LogP contribution in [0.25, 0.3) is 0 Å². The highest BCUT2D eigenvalue weighted by Crippen LogP contribution is 2.26. The van der Waals surface area contributed by atoms with Gasteiger partial charge in [-0.1, -0.05) is 22.9 Å². The lowest BCUT2D eigenvalue weighted by molar-refractivity contribution is -0.137. The van der Waals surface area contributed by atoms with E-state index < -0.39 is 12.0 Å². The Bertz CT molecular complexity index is 480. The zero-order valence-electron chi connectivity index (χ0n) is 10.2. The van der Waals surface area contributed by atoms with E-state index in [1.54, 1.807) is 12.1 Å². The van der Waals surface area contributed by atoms with Crippen LogP contribution in [0.15, 0.2) is 27.1 Å². The minimum Gasteiger partial charge on any atom is -0.481 e. The molecular formula is C12H14Br2N2O3. The molecule has 19 heavy (non-hydrogen) atoms. The number of anilines is 1. The van der Waals surface area contributed by atoms with Gasteiger partial charge in [-0.05, 0) is 40.5 Å². The summed E-state index contributed by atoms with van der Waals surface area (Å²) < 4.78 is 1.63. The van der Waals surface area contributed by atoms with Crippen molar-refractivity contribution in [1.82, 2.24) is 5.32 Å². The van der Waals surface area contributed by atoms with E-state index in [-0.39, 0.29) is 12.5 Å². The number of halogens is 2. The molecule has 0 radical (unpaired) electrons. The summed E-state index contributed by atoms with van der Waals surface area (Å²) in [6.07, 6.45) is 0.465. The first kappa shape index (κ1) is 16.0. The molecule has 3 N–H and O–H groups in total. The number of hydrogen-bond donors (Lipinski definition) is 3. The Morgan fingerprint density at radius 1 is 1.37 bits per heavy atom. The zero-order valence-corrected chi connectivity index (χ0v) is 13.4. The van der Waals surface area contributed by atoms with E-state index in [0.29, 0.717) is 12.1 Å². The van der Waals surface area contributed by atoms with Gasteiger partial charge in [-0.2, -0.15) is 0 Å². The van der Waals surface area contributed by atoms with Crippen LogP contribution in [0.5, 0.6) is 0 Å². The minimum absolute atomic E-state index is 0.0918. The van der Waals surface area contributed by atoms with Crippen LogP contribution in [-0.4, -0.2) is 23.1 Å². The Labute approximate surface area is 128 Å². The molecule has 1 rings (SSSR count). The van der Waals surface area contributed by atoms with E-state index in [1.165, 1.54) is 0 Å². The second kappa shape index (κ2) is 7.49. The van der Waals surface area contributed by atoms with E-state index in [0.717, 1.165) is 8.95 Å². The number of carboxylic acids is 1. The standard InChI is InChI=1S/C12H14Br2N2O3/c1-2-8(6-11(17)18)15-12(19)16-10-4-3-7(13)5-9(10)14/h3-5,8H,2,6H2,1H3,(H,17,18)(H2,15,16,19). The summed E-state index contributed by atoms with van der Waals surface area (Å²) in [4.78, 5) is 22.4. The molecule has 1 atom stereocenters. The third kappa shape index (κ3) is 5.61. The molecule has 0 bridgehead atoms. The number of urea groups is 1. The maximum absolute atomic E-state index is 11.8. The molecule has 2 amide bonds. The molecule has 0 aliphatic rings. The van der Waals surface area contributed by atoms with Crippen molar-refractivity contribution >= 4 is 49.5 Å². The van der Waals surface area contributed by atoms with Crippen LogP contribution in [-0.2, 0) is 4.79 Å². The van der Waals surface area contributed by atoms with Gasteiger partial charge in [-0.25, -0.2) is 4.79 Å². The van der Waals surface area contributed by atoms with E-state index in [9.17, 15) is 9.59 Å². The quantitative estimate of drug-likeness (QED) is 0.715. The van der Waals surface area contributed by atoms with Gasteiger partial charge < -0.3 is 15.7 Å². The predicted octanol–water partition coefficient (Wildman–Crippen LogP) is 3.59. The molecule has 1 unspecified atom stereocenters. The number of benzene rings is 1. The van der Waals surface area contributed by atoms with Crippen LogP contribution >= 0.6 is 31.9 Å². The molecule has 0 heterocycles. The van der Waals surface area contributed by atoms with E-state index in [2.05, 4.69) is 42.5 Å². The number of carbonyl (C=O) groups excluding carboxylic acids is 1. The first-order valence-electron chi connectivity index (χ1n) is 5.66. The summed E-state index contributed by atoms with van der Waals surface area (Å²) in [6, 6.07) is 4.55. The normalized spacial score (nSPS) is 11.7.